The lowest BCUT2D eigenvalue weighted by Crippen LogP contribution is -2.42. The van der Waals surface area contributed by atoms with E-state index >= 15 is 0 Å². The number of nitrogens with one attached hydrogen (secondary N) is 1. The van der Waals surface area contributed by atoms with Gasteiger partial charge in [0.2, 0.25) is 0 Å². The van der Waals surface area contributed by atoms with Gasteiger partial charge >= 0.3 is 0 Å². The van der Waals surface area contributed by atoms with E-state index in [0.717, 1.165) is 12.3 Å². The lowest BCUT2D eigenvalue weighted by Gasteiger charge is -2.28. The third-order valence-electron chi connectivity index (χ3n) is 3.22. The van der Waals surface area contributed by atoms with E-state index in [1.807, 2.05) is 6.26 Å². The van der Waals surface area contributed by atoms with Crippen LogP contribution in [0.2, 0.25) is 0 Å². The molecule has 1 aliphatic rings. The van der Waals surface area contributed by atoms with Crippen LogP contribution in [-0.2, 0) is 0 Å². The smallest absolute Gasteiger partial charge is 0.0754 e. The van der Waals surface area contributed by atoms with Crippen LogP contribution in [0.3, 0.4) is 0 Å². The average Bonchev–Trinajstić information content (AvgIpc) is 2.42. The monoisotopic (exact) mass is 217 g/mol. The van der Waals surface area contributed by atoms with E-state index in [4.69, 9.17) is 0 Å². The van der Waals surface area contributed by atoms with E-state index in [2.05, 4.69) is 19.2 Å². The second kappa shape index (κ2) is 5.38. The Balaban J connectivity index is 2.24. The van der Waals surface area contributed by atoms with Crippen molar-refractivity contribution in [3.63, 3.8) is 0 Å². The molecule has 1 fully saturated rings. The number of hydrogen-bond acceptors (Lipinski definition) is 3. The predicted octanol–water partition coefficient (Wildman–Crippen LogP) is 1.88. The van der Waals surface area contributed by atoms with Crippen LogP contribution in [0, 0.1) is 5.41 Å². The van der Waals surface area contributed by atoms with Crippen molar-refractivity contribution in [2.75, 3.05) is 18.6 Å². The molecule has 0 heterocycles. The number of aliphatic hydroxyl groups excluding tert-OH is 1. The lowest BCUT2D eigenvalue weighted by atomic mass is 9.87. The van der Waals surface area contributed by atoms with E-state index in [-0.39, 0.29) is 6.10 Å². The van der Waals surface area contributed by atoms with Gasteiger partial charge in [-0.2, -0.15) is 11.8 Å². The highest BCUT2D eigenvalue weighted by atomic mass is 32.2. The fourth-order valence-corrected chi connectivity index (χ4v) is 2.74. The first-order chi connectivity index (χ1) is 6.56. The maximum Gasteiger partial charge on any atom is 0.0754 e. The summed E-state index contributed by atoms with van der Waals surface area (Å²) < 4.78 is 0. The molecule has 0 saturated heterocycles. The minimum absolute atomic E-state index is 0.193. The molecule has 0 radical (unpaired) electrons. The summed E-state index contributed by atoms with van der Waals surface area (Å²) in [6, 6.07) is 0.596. The van der Waals surface area contributed by atoms with Crippen LogP contribution < -0.4 is 5.32 Å². The Bertz CT molecular complexity index is 173. The summed E-state index contributed by atoms with van der Waals surface area (Å²) in [6.45, 7) is 5.38. The molecule has 2 nitrogen and oxygen atoms in total. The number of rotatable bonds is 5. The highest BCUT2D eigenvalue weighted by Crippen LogP contribution is 2.36. The summed E-state index contributed by atoms with van der Waals surface area (Å²) in [4.78, 5) is 0. The Morgan fingerprint density at radius 2 is 2.29 bits per heavy atom. The van der Waals surface area contributed by atoms with Crippen molar-refractivity contribution >= 4 is 11.8 Å². The highest BCUT2D eigenvalue weighted by Gasteiger charge is 2.33. The molecule has 0 bridgehead atoms. The van der Waals surface area contributed by atoms with Crippen LogP contribution in [0.15, 0.2) is 0 Å². The zero-order chi connectivity index (χ0) is 10.6. The Labute approximate surface area is 91.9 Å². The Hall–Kier alpha value is 0.270. The van der Waals surface area contributed by atoms with E-state index < -0.39 is 0 Å². The summed E-state index contributed by atoms with van der Waals surface area (Å²) in [5.74, 6) is 0.833. The van der Waals surface area contributed by atoms with Gasteiger partial charge in [0.15, 0.2) is 0 Å². The van der Waals surface area contributed by atoms with Gasteiger partial charge in [0.25, 0.3) is 0 Å². The molecule has 0 amide bonds. The van der Waals surface area contributed by atoms with E-state index in [0.29, 0.717) is 11.5 Å². The average molecular weight is 217 g/mol. The van der Waals surface area contributed by atoms with Gasteiger partial charge in [0.05, 0.1) is 6.10 Å². The Kier molecular flexibility index (Phi) is 4.74. The van der Waals surface area contributed by atoms with Gasteiger partial charge in [-0.1, -0.05) is 20.3 Å². The molecule has 2 N–H and O–H groups in total. The minimum atomic E-state index is -0.193. The maximum absolute atomic E-state index is 9.60. The minimum Gasteiger partial charge on any atom is -0.391 e. The molecule has 0 aromatic carbocycles. The molecule has 2 atom stereocenters. The topological polar surface area (TPSA) is 32.3 Å². The number of thioether (sulfide) groups is 1. The molecular formula is C11H23NOS. The quantitative estimate of drug-likeness (QED) is 0.737. The van der Waals surface area contributed by atoms with Crippen LogP contribution in [0.25, 0.3) is 0 Å². The van der Waals surface area contributed by atoms with Crippen molar-refractivity contribution in [2.24, 2.45) is 5.41 Å². The molecule has 1 rings (SSSR count). The van der Waals surface area contributed by atoms with Crippen molar-refractivity contribution in [3.8, 4) is 0 Å². The summed E-state index contributed by atoms with van der Waals surface area (Å²) in [5, 5.41) is 13.1. The number of hydrogen-bond donors (Lipinski definition) is 2. The van der Waals surface area contributed by atoms with Crippen LogP contribution in [0.1, 0.15) is 33.1 Å². The molecule has 0 aromatic rings. The van der Waals surface area contributed by atoms with E-state index in [9.17, 15) is 5.11 Å². The normalized spacial score (nSPS) is 27.9. The first kappa shape index (κ1) is 12.3. The van der Waals surface area contributed by atoms with Crippen molar-refractivity contribution in [1.29, 1.82) is 0 Å². The maximum atomic E-state index is 9.60. The van der Waals surface area contributed by atoms with Crippen LogP contribution in [0.5, 0.6) is 0 Å². The van der Waals surface area contributed by atoms with Crippen LogP contribution in [-0.4, -0.2) is 35.8 Å². The van der Waals surface area contributed by atoms with E-state index in [1.54, 1.807) is 11.8 Å². The summed E-state index contributed by atoms with van der Waals surface area (Å²) in [7, 11) is 0. The van der Waals surface area contributed by atoms with Gasteiger partial charge in [-0.25, -0.2) is 0 Å². The van der Waals surface area contributed by atoms with Gasteiger partial charge < -0.3 is 10.4 Å². The Morgan fingerprint density at radius 1 is 1.57 bits per heavy atom. The molecule has 0 aliphatic heterocycles. The molecule has 3 heteroatoms. The number of aliphatic hydroxyl groups is 1. The molecule has 84 valence electrons. The fraction of sp³-hybridized carbons (Fsp3) is 1.00. The summed E-state index contributed by atoms with van der Waals surface area (Å²) in [6.07, 6.45) is 5.73. The van der Waals surface area contributed by atoms with Gasteiger partial charge in [-0.05, 0) is 24.5 Å². The zero-order valence-corrected chi connectivity index (χ0v) is 10.4. The van der Waals surface area contributed by atoms with Gasteiger partial charge in [0.1, 0.15) is 0 Å². The SMILES string of the molecule is CSC[C@H](O)CN[C@@H]1CCCC1(C)C. The van der Waals surface area contributed by atoms with Crippen molar-refractivity contribution in [3.05, 3.63) is 0 Å². The third kappa shape index (κ3) is 3.44. The molecule has 0 spiro atoms. The van der Waals surface area contributed by atoms with Crippen LogP contribution in [0.4, 0.5) is 0 Å². The second-order valence-electron chi connectivity index (χ2n) is 4.95. The lowest BCUT2D eigenvalue weighted by molar-refractivity contribution is 0.176. The first-order valence-corrected chi connectivity index (χ1v) is 6.86. The zero-order valence-electron chi connectivity index (χ0n) is 9.55. The Morgan fingerprint density at radius 3 is 2.79 bits per heavy atom. The van der Waals surface area contributed by atoms with Gasteiger partial charge in [-0.3, -0.25) is 0 Å². The van der Waals surface area contributed by atoms with Crippen molar-refractivity contribution in [2.45, 2.75) is 45.3 Å². The molecule has 1 aliphatic carbocycles. The van der Waals surface area contributed by atoms with Gasteiger partial charge in [0, 0.05) is 18.3 Å². The second-order valence-corrected chi connectivity index (χ2v) is 5.86. The molecule has 0 aromatic heterocycles. The highest BCUT2D eigenvalue weighted by molar-refractivity contribution is 7.98. The molecule has 14 heavy (non-hydrogen) atoms. The fourth-order valence-electron chi connectivity index (χ4n) is 2.23. The first-order valence-electron chi connectivity index (χ1n) is 5.46. The largest absolute Gasteiger partial charge is 0.391 e. The standard InChI is InChI=1S/C11H23NOS/c1-11(2)6-4-5-10(11)12-7-9(13)8-14-3/h9-10,12-13H,4-8H2,1-3H3/t9-,10-/m1/s1. The van der Waals surface area contributed by atoms with Crippen LogP contribution >= 0.6 is 11.8 Å². The molecule has 0 unspecified atom stereocenters. The third-order valence-corrected chi connectivity index (χ3v) is 3.93. The summed E-state index contributed by atoms with van der Waals surface area (Å²) >= 11 is 1.70. The van der Waals surface area contributed by atoms with Crippen molar-refractivity contribution in [1.82, 2.24) is 5.32 Å². The van der Waals surface area contributed by atoms with Crippen molar-refractivity contribution < 1.29 is 5.11 Å². The summed E-state index contributed by atoms with van der Waals surface area (Å²) in [5.41, 5.74) is 0.416. The van der Waals surface area contributed by atoms with Gasteiger partial charge in [-0.15, -0.1) is 0 Å². The van der Waals surface area contributed by atoms with E-state index in [1.165, 1.54) is 19.3 Å². The molecule has 1 saturated carbocycles. The predicted molar refractivity (Wildman–Crippen MR) is 63.8 cm³/mol. The molecular weight excluding hydrogens is 194 g/mol.